The van der Waals surface area contributed by atoms with Crippen LogP contribution in [0.3, 0.4) is 0 Å². The summed E-state index contributed by atoms with van der Waals surface area (Å²) in [7, 11) is 0. The Labute approximate surface area is 97.0 Å². The van der Waals surface area contributed by atoms with Gasteiger partial charge in [0.05, 0.1) is 17.3 Å². The van der Waals surface area contributed by atoms with Crippen molar-refractivity contribution >= 4 is 17.8 Å². The van der Waals surface area contributed by atoms with Crippen molar-refractivity contribution in [1.82, 2.24) is 0 Å². The van der Waals surface area contributed by atoms with Gasteiger partial charge in [0, 0.05) is 0 Å². The summed E-state index contributed by atoms with van der Waals surface area (Å²) in [6.07, 6.45) is 4.53. The lowest BCUT2D eigenvalue weighted by Gasteiger charge is -2.44. The average Bonchev–Trinajstić information content (AvgIpc) is 3.03. The SMILES string of the molecule is NC(=O)C12C=CC(C3CC31)C1C(=O)OC(=O)C12. The lowest BCUT2D eigenvalue weighted by Crippen LogP contribution is -2.55. The third-order valence-electron chi connectivity index (χ3n) is 4.98. The molecule has 3 fully saturated rings. The molecule has 0 aromatic carbocycles. The van der Waals surface area contributed by atoms with Gasteiger partial charge in [0.15, 0.2) is 0 Å². The zero-order chi connectivity index (χ0) is 11.9. The number of primary amides is 1. The van der Waals surface area contributed by atoms with Crippen LogP contribution in [0.25, 0.3) is 0 Å². The van der Waals surface area contributed by atoms with E-state index in [9.17, 15) is 14.4 Å². The van der Waals surface area contributed by atoms with Gasteiger partial charge in [-0.25, -0.2) is 0 Å². The van der Waals surface area contributed by atoms with Crippen molar-refractivity contribution in [1.29, 1.82) is 0 Å². The van der Waals surface area contributed by atoms with E-state index in [4.69, 9.17) is 10.5 Å². The molecule has 1 saturated heterocycles. The first-order valence-electron chi connectivity index (χ1n) is 5.82. The van der Waals surface area contributed by atoms with Crippen LogP contribution in [0.2, 0.25) is 0 Å². The van der Waals surface area contributed by atoms with Crippen LogP contribution in [0.15, 0.2) is 12.2 Å². The van der Waals surface area contributed by atoms with Crippen molar-refractivity contribution in [2.75, 3.05) is 0 Å². The van der Waals surface area contributed by atoms with Crippen LogP contribution >= 0.6 is 0 Å². The summed E-state index contributed by atoms with van der Waals surface area (Å²) < 4.78 is 4.71. The lowest BCUT2D eigenvalue weighted by molar-refractivity contribution is -0.155. The highest BCUT2D eigenvalue weighted by Gasteiger charge is 2.75. The number of hydrogen-bond donors (Lipinski definition) is 1. The van der Waals surface area contributed by atoms with E-state index in [1.165, 1.54) is 0 Å². The molecule has 4 aliphatic carbocycles. The van der Waals surface area contributed by atoms with Gasteiger partial charge in [-0.15, -0.1) is 0 Å². The summed E-state index contributed by atoms with van der Waals surface area (Å²) in [4.78, 5) is 35.3. The minimum absolute atomic E-state index is 0.0603. The van der Waals surface area contributed by atoms with Crippen LogP contribution < -0.4 is 5.73 Å². The monoisotopic (exact) mass is 233 g/mol. The molecular weight excluding hydrogens is 222 g/mol. The Hall–Kier alpha value is -1.65. The van der Waals surface area contributed by atoms with Crippen LogP contribution in [0.5, 0.6) is 0 Å². The molecular formula is C12H11NO4. The summed E-state index contributed by atoms with van der Waals surface area (Å²) in [5.74, 6) is -2.19. The summed E-state index contributed by atoms with van der Waals surface area (Å²) in [6, 6.07) is 0. The maximum atomic E-state index is 11.8. The van der Waals surface area contributed by atoms with Crippen molar-refractivity contribution in [3.8, 4) is 0 Å². The number of rotatable bonds is 1. The van der Waals surface area contributed by atoms with Crippen LogP contribution in [0.1, 0.15) is 6.42 Å². The fraction of sp³-hybridized carbons (Fsp3) is 0.583. The van der Waals surface area contributed by atoms with Gasteiger partial charge >= 0.3 is 11.9 Å². The highest BCUT2D eigenvalue weighted by Crippen LogP contribution is 2.70. The fourth-order valence-corrected chi connectivity index (χ4v) is 4.25. The summed E-state index contributed by atoms with van der Waals surface area (Å²) in [5, 5.41) is 0. The number of nitrogens with two attached hydrogens (primary N) is 1. The Balaban J connectivity index is 1.96. The van der Waals surface area contributed by atoms with Crippen molar-refractivity contribution in [3.05, 3.63) is 12.2 Å². The van der Waals surface area contributed by atoms with E-state index in [1.54, 1.807) is 6.08 Å². The molecule has 5 rings (SSSR count). The molecule has 6 unspecified atom stereocenters. The number of esters is 2. The minimum Gasteiger partial charge on any atom is -0.393 e. The highest BCUT2D eigenvalue weighted by molar-refractivity contribution is 6.03. The second-order valence-electron chi connectivity index (χ2n) is 5.48. The van der Waals surface area contributed by atoms with E-state index in [1.807, 2.05) is 6.08 Å². The van der Waals surface area contributed by atoms with Crippen molar-refractivity contribution in [2.45, 2.75) is 6.42 Å². The number of amides is 1. The smallest absolute Gasteiger partial charge is 0.318 e. The molecule has 88 valence electrons. The summed E-state index contributed by atoms with van der Waals surface area (Å²) >= 11 is 0. The molecule has 0 aromatic heterocycles. The first-order chi connectivity index (χ1) is 8.07. The molecule has 2 saturated carbocycles. The van der Waals surface area contributed by atoms with Gasteiger partial charge < -0.3 is 10.5 Å². The van der Waals surface area contributed by atoms with E-state index >= 15 is 0 Å². The molecule has 5 nitrogen and oxygen atoms in total. The van der Waals surface area contributed by atoms with Gasteiger partial charge in [-0.1, -0.05) is 12.2 Å². The molecule has 1 amide bonds. The molecule has 5 heteroatoms. The number of carbonyl (C=O) groups excluding carboxylic acids is 3. The fourth-order valence-electron chi connectivity index (χ4n) is 4.25. The second kappa shape index (κ2) is 2.44. The van der Waals surface area contributed by atoms with Gasteiger partial charge in [-0.3, -0.25) is 14.4 Å². The average molecular weight is 233 g/mol. The molecule has 1 aliphatic heterocycles. The Morgan fingerprint density at radius 3 is 2.88 bits per heavy atom. The number of hydrogen-bond acceptors (Lipinski definition) is 4. The predicted octanol–water partition coefficient (Wildman–Crippen LogP) is -0.390. The van der Waals surface area contributed by atoms with Gasteiger partial charge in [0.25, 0.3) is 0 Å². The summed E-state index contributed by atoms with van der Waals surface area (Å²) in [5.41, 5.74) is 4.54. The number of allylic oxidation sites excluding steroid dienone is 1. The van der Waals surface area contributed by atoms with Crippen LogP contribution in [0, 0.1) is 35.0 Å². The predicted molar refractivity (Wildman–Crippen MR) is 53.9 cm³/mol. The standard InChI is InChI=1S/C12H11NO4/c13-11(16)12-2-1-4(5-3-6(5)12)7-8(12)10(15)17-9(7)14/h1-2,4-8H,3H2,(H2,13,16). The van der Waals surface area contributed by atoms with Gasteiger partial charge in [0.1, 0.15) is 0 Å². The van der Waals surface area contributed by atoms with E-state index in [0.29, 0.717) is 5.92 Å². The Morgan fingerprint density at radius 1 is 1.41 bits per heavy atom. The number of cyclic esters (lactones) is 2. The maximum Gasteiger partial charge on any atom is 0.318 e. The molecule has 2 N–H and O–H groups in total. The largest absolute Gasteiger partial charge is 0.393 e. The third kappa shape index (κ3) is 0.799. The Morgan fingerprint density at radius 2 is 2.18 bits per heavy atom. The highest BCUT2D eigenvalue weighted by atomic mass is 16.6. The molecule has 1 heterocycles. The second-order valence-corrected chi connectivity index (χ2v) is 5.48. The molecule has 2 bridgehead atoms. The number of ether oxygens (including phenoxy) is 1. The zero-order valence-electron chi connectivity index (χ0n) is 8.96. The minimum atomic E-state index is -0.965. The van der Waals surface area contributed by atoms with Gasteiger partial charge in [0.2, 0.25) is 5.91 Å². The van der Waals surface area contributed by atoms with Crippen molar-refractivity contribution in [2.24, 2.45) is 40.7 Å². The van der Waals surface area contributed by atoms with E-state index in [0.717, 1.165) is 6.42 Å². The van der Waals surface area contributed by atoms with Crippen molar-refractivity contribution < 1.29 is 19.1 Å². The number of carbonyl (C=O) groups is 3. The quantitative estimate of drug-likeness (QED) is 0.379. The van der Waals surface area contributed by atoms with Gasteiger partial charge in [-0.2, -0.15) is 0 Å². The van der Waals surface area contributed by atoms with E-state index in [2.05, 4.69) is 0 Å². The van der Waals surface area contributed by atoms with Crippen LogP contribution in [0.4, 0.5) is 0 Å². The Bertz CT molecular complexity index is 511. The molecule has 0 aromatic rings. The van der Waals surface area contributed by atoms with Crippen LogP contribution in [-0.2, 0) is 19.1 Å². The molecule has 6 atom stereocenters. The molecule has 0 spiro atoms. The van der Waals surface area contributed by atoms with E-state index < -0.39 is 35.1 Å². The Kier molecular flexibility index (Phi) is 1.35. The van der Waals surface area contributed by atoms with Crippen molar-refractivity contribution in [3.63, 3.8) is 0 Å². The normalized spacial score (nSPS) is 53.1. The topological polar surface area (TPSA) is 86.5 Å². The van der Waals surface area contributed by atoms with Crippen LogP contribution in [-0.4, -0.2) is 17.8 Å². The summed E-state index contributed by atoms with van der Waals surface area (Å²) in [6.45, 7) is 0. The first kappa shape index (κ1) is 9.39. The van der Waals surface area contributed by atoms with Gasteiger partial charge in [-0.05, 0) is 24.2 Å². The lowest BCUT2D eigenvalue weighted by atomic mass is 9.54. The maximum absolute atomic E-state index is 11.8. The third-order valence-corrected chi connectivity index (χ3v) is 4.98. The molecule has 5 aliphatic rings. The molecule has 17 heavy (non-hydrogen) atoms. The molecule has 0 radical (unpaired) electrons. The van der Waals surface area contributed by atoms with E-state index in [-0.39, 0.29) is 11.8 Å². The zero-order valence-corrected chi connectivity index (χ0v) is 8.96. The first-order valence-corrected chi connectivity index (χ1v) is 5.82.